The van der Waals surface area contributed by atoms with Gasteiger partial charge < -0.3 is 10.1 Å². The maximum Gasteiger partial charge on any atom is 0.407 e. The summed E-state index contributed by atoms with van der Waals surface area (Å²) in [4.78, 5) is 22.2. The first-order valence-electron chi connectivity index (χ1n) is 12.4. The molecule has 3 rings (SSSR count). The number of nitrogens with zero attached hydrogens (tertiary/aromatic N) is 2. The average Bonchev–Trinajstić information content (AvgIpc) is 2.76. The minimum absolute atomic E-state index is 0.0366. The molecule has 5 nitrogen and oxygen atoms in total. The van der Waals surface area contributed by atoms with Crippen molar-refractivity contribution in [3.8, 4) is 11.1 Å². The lowest BCUT2D eigenvalue weighted by atomic mass is 9.85. The number of nitrogens with one attached hydrogen (secondary N) is 1. The van der Waals surface area contributed by atoms with Crippen LogP contribution in [0.5, 0.6) is 0 Å². The number of alkyl carbamates (subject to hydrolysis) is 1. The van der Waals surface area contributed by atoms with Crippen LogP contribution >= 0.6 is 11.8 Å². The van der Waals surface area contributed by atoms with Gasteiger partial charge in [0.05, 0.1) is 5.03 Å². The van der Waals surface area contributed by atoms with Crippen LogP contribution in [-0.2, 0) is 23.5 Å². The Labute approximate surface area is 220 Å². The van der Waals surface area contributed by atoms with Crippen molar-refractivity contribution in [2.45, 2.75) is 84.7 Å². The van der Waals surface area contributed by atoms with E-state index in [4.69, 9.17) is 9.72 Å². The number of hydrogen-bond acceptors (Lipinski definition) is 5. The van der Waals surface area contributed by atoms with E-state index in [9.17, 15) is 4.79 Å². The topological polar surface area (TPSA) is 64.1 Å². The summed E-state index contributed by atoms with van der Waals surface area (Å²) in [7, 11) is 0. The van der Waals surface area contributed by atoms with E-state index in [1.165, 1.54) is 5.56 Å². The quantitative estimate of drug-likeness (QED) is 0.334. The number of rotatable bonds is 7. The summed E-state index contributed by atoms with van der Waals surface area (Å²) < 4.78 is 5.54. The van der Waals surface area contributed by atoms with E-state index in [1.54, 1.807) is 11.8 Å². The molecule has 0 bridgehead atoms. The second-order valence-electron chi connectivity index (χ2n) is 11.4. The molecule has 0 aliphatic rings. The largest absolute Gasteiger partial charge is 0.444 e. The van der Waals surface area contributed by atoms with Crippen LogP contribution in [0.2, 0.25) is 0 Å². The molecule has 3 aromatic rings. The summed E-state index contributed by atoms with van der Waals surface area (Å²) in [6, 6.07) is 14.6. The molecule has 0 radical (unpaired) electrons. The third kappa shape index (κ3) is 8.09. The molecule has 2 heterocycles. The number of carbonyl (C=O) groups is 1. The normalized spacial score (nSPS) is 11.9. The standard InChI is InChI=1S/C30H39N3O2S/c1-20-12-14-22(15-13-20)27-23(18-32-28(34)35-30(6,7)8)25(17-29(3,4)5)33-21(2)24(27)19-36-26-11-9-10-16-31-26/h9-16H,17-19H2,1-8H3,(H,32,34). The highest BCUT2D eigenvalue weighted by Gasteiger charge is 2.24. The van der Waals surface area contributed by atoms with Gasteiger partial charge in [-0.2, -0.15) is 0 Å². The van der Waals surface area contributed by atoms with Gasteiger partial charge in [0.2, 0.25) is 0 Å². The minimum Gasteiger partial charge on any atom is -0.444 e. The van der Waals surface area contributed by atoms with Gasteiger partial charge in [0.25, 0.3) is 0 Å². The van der Waals surface area contributed by atoms with Gasteiger partial charge in [-0.3, -0.25) is 4.98 Å². The molecular weight excluding hydrogens is 466 g/mol. The Kier molecular flexibility index (Phi) is 8.83. The van der Waals surface area contributed by atoms with E-state index >= 15 is 0 Å². The molecule has 0 aliphatic carbocycles. The molecular formula is C30H39N3O2S. The summed E-state index contributed by atoms with van der Waals surface area (Å²) in [5.74, 6) is 0.730. The highest BCUT2D eigenvalue weighted by molar-refractivity contribution is 7.98. The fourth-order valence-corrected chi connectivity index (χ4v) is 4.94. The smallest absolute Gasteiger partial charge is 0.407 e. The van der Waals surface area contributed by atoms with Crippen molar-refractivity contribution >= 4 is 17.9 Å². The Morgan fingerprint density at radius 1 is 0.972 bits per heavy atom. The third-order valence-corrected chi connectivity index (χ3v) is 6.51. The van der Waals surface area contributed by atoms with Gasteiger partial charge in [0.1, 0.15) is 5.60 Å². The van der Waals surface area contributed by atoms with Gasteiger partial charge in [-0.05, 0) is 75.3 Å². The number of thioether (sulfide) groups is 1. The number of ether oxygens (including phenoxy) is 1. The molecule has 0 saturated carbocycles. The Balaban J connectivity index is 2.13. The van der Waals surface area contributed by atoms with Crippen molar-refractivity contribution < 1.29 is 9.53 Å². The maximum atomic E-state index is 12.6. The van der Waals surface area contributed by atoms with Crippen LogP contribution < -0.4 is 5.32 Å². The molecule has 0 spiro atoms. The third-order valence-electron chi connectivity index (χ3n) is 5.54. The fourth-order valence-electron chi connectivity index (χ4n) is 3.98. The van der Waals surface area contributed by atoms with Gasteiger partial charge in [0.15, 0.2) is 0 Å². The van der Waals surface area contributed by atoms with Crippen LogP contribution in [-0.4, -0.2) is 21.7 Å². The van der Waals surface area contributed by atoms with E-state index in [0.29, 0.717) is 6.54 Å². The predicted molar refractivity (Wildman–Crippen MR) is 149 cm³/mol. The van der Waals surface area contributed by atoms with Crippen molar-refractivity contribution in [1.29, 1.82) is 0 Å². The Hall–Kier alpha value is -2.86. The molecule has 6 heteroatoms. The zero-order valence-electron chi connectivity index (χ0n) is 22.9. The number of amides is 1. The first-order valence-corrected chi connectivity index (χ1v) is 13.4. The van der Waals surface area contributed by atoms with Crippen LogP contribution in [0.3, 0.4) is 0 Å². The minimum atomic E-state index is -0.561. The van der Waals surface area contributed by atoms with Crippen LogP contribution in [0, 0.1) is 19.3 Å². The summed E-state index contributed by atoms with van der Waals surface area (Å²) in [5, 5.41) is 3.97. The number of aromatic nitrogens is 2. The van der Waals surface area contributed by atoms with Crippen molar-refractivity contribution in [1.82, 2.24) is 15.3 Å². The average molecular weight is 506 g/mol. The maximum absolute atomic E-state index is 12.6. The SMILES string of the molecule is Cc1ccc(-c2c(CSc3ccccn3)c(C)nc(CC(C)(C)C)c2CNC(=O)OC(C)(C)C)cc1. The van der Waals surface area contributed by atoms with E-state index < -0.39 is 11.7 Å². The lowest BCUT2D eigenvalue weighted by molar-refractivity contribution is 0.0523. The molecule has 1 N–H and O–H groups in total. The first-order chi connectivity index (χ1) is 16.8. The second kappa shape index (κ2) is 11.5. The van der Waals surface area contributed by atoms with E-state index in [-0.39, 0.29) is 5.41 Å². The van der Waals surface area contributed by atoms with Gasteiger partial charge in [0, 0.05) is 35.4 Å². The molecule has 0 fully saturated rings. The molecule has 36 heavy (non-hydrogen) atoms. The molecule has 0 aliphatic heterocycles. The van der Waals surface area contributed by atoms with E-state index in [2.05, 4.69) is 69.2 Å². The van der Waals surface area contributed by atoms with E-state index in [1.807, 2.05) is 45.2 Å². The Morgan fingerprint density at radius 2 is 1.67 bits per heavy atom. The number of pyridine rings is 2. The van der Waals surface area contributed by atoms with Crippen molar-refractivity contribution in [2.24, 2.45) is 5.41 Å². The number of benzene rings is 1. The summed E-state index contributed by atoms with van der Waals surface area (Å²) in [6.07, 6.45) is 2.19. The number of aryl methyl sites for hydroxylation is 2. The second-order valence-corrected chi connectivity index (χ2v) is 12.4. The first kappa shape index (κ1) is 27.7. The van der Waals surface area contributed by atoms with Crippen LogP contribution in [0.1, 0.15) is 69.6 Å². The lowest BCUT2D eigenvalue weighted by Gasteiger charge is -2.26. The Morgan fingerprint density at radius 3 is 2.25 bits per heavy atom. The van der Waals surface area contributed by atoms with Crippen LogP contribution in [0.15, 0.2) is 53.7 Å². The van der Waals surface area contributed by atoms with Crippen LogP contribution in [0.4, 0.5) is 4.79 Å². The van der Waals surface area contributed by atoms with Gasteiger partial charge in [-0.25, -0.2) is 9.78 Å². The van der Waals surface area contributed by atoms with Crippen molar-refractivity contribution in [3.63, 3.8) is 0 Å². The highest BCUT2D eigenvalue weighted by atomic mass is 32.2. The monoisotopic (exact) mass is 505 g/mol. The van der Waals surface area contributed by atoms with Crippen molar-refractivity contribution in [2.75, 3.05) is 0 Å². The fraction of sp³-hybridized carbons (Fsp3) is 0.433. The van der Waals surface area contributed by atoms with Gasteiger partial charge in [-0.1, -0.05) is 56.7 Å². The van der Waals surface area contributed by atoms with Gasteiger partial charge >= 0.3 is 6.09 Å². The molecule has 0 atom stereocenters. The molecule has 1 amide bonds. The lowest BCUT2D eigenvalue weighted by Crippen LogP contribution is -2.33. The molecule has 2 aromatic heterocycles. The zero-order chi connectivity index (χ0) is 26.5. The molecule has 192 valence electrons. The zero-order valence-corrected chi connectivity index (χ0v) is 23.7. The molecule has 0 saturated heterocycles. The summed E-state index contributed by atoms with van der Waals surface area (Å²) in [6.45, 7) is 16.8. The Bertz CT molecular complexity index is 1180. The van der Waals surface area contributed by atoms with Crippen LogP contribution in [0.25, 0.3) is 11.1 Å². The predicted octanol–water partition coefficient (Wildman–Crippen LogP) is 7.67. The van der Waals surface area contributed by atoms with Gasteiger partial charge in [-0.15, -0.1) is 11.8 Å². The summed E-state index contributed by atoms with van der Waals surface area (Å²) >= 11 is 1.70. The van der Waals surface area contributed by atoms with Crippen molar-refractivity contribution in [3.05, 3.63) is 76.7 Å². The summed E-state index contributed by atoms with van der Waals surface area (Å²) in [5.41, 5.74) is 7.17. The molecule has 1 aromatic carbocycles. The number of carbonyl (C=O) groups excluding carboxylic acids is 1. The number of hydrogen-bond donors (Lipinski definition) is 1. The highest BCUT2D eigenvalue weighted by Crippen LogP contribution is 2.37. The molecule has 0 unspecified atom stereocenters. The van der Waals surface area contributed by atoms with E-state index in [0.717, 1.165) is 50.8 Å².